The monoisotopic (exact) mass is 784 g/mol. The largest absolute Gasteiger partial charge is 0.459 e. The Morgan fingerprint density at radius 1 is 0.914 bits per heavy atom. The number of carbonyl (C=O) groups excluding carboxylic acids is 1. The number of ether oxygens (including phenoxy) is 3. The first-order valence-electron chi connectivity index (χ1n) is 21.1. The zero-order chi connectivity index (χ0) is 40.1. The van der Waals surface area contributed by atoms with Crippen molar-refractivity contribution in [2.24, 2.45) is 28.8 Å². The topological polar surface area (TPSA) is 110 Å². The number of fused-ring (bicyclic) bond motifs is 3. The normalized spacial score (nSPS) is 25.3. The van der Waals surface area contributed by atoms with E-state index in [-0.39, 0.29) is 55.3 Å². The van der Waals surface area contributed by atoms with Crippen LogP contribution >= 0.6 is 0 Å². The third kappa shape index (κ3) is 8.17. The number of aliphatic hydroxyl groups is 2. The zero-order valence-corrected chi connectivity index (χ0v) is 33.5. The molecule has 4 aromatic rings. The van der Waals surface area contributed by atoms with E-state index in [1.54, 1.807) is 6.08 Å². The lowest BCUT2D eigenvalue weighted by molar-refractivity contribution is -0.255. The van der Waals surface area contributed by atoms with Crippen LogP contribution in [0.1, 0.15) is 74.8 Å². The lowest BCUT2D eigenvalue weighted by atomic mass is 9.55. The van der Waals surface area contributed by atoms with E-state index in [2.05, 4.69) is 43.0 Å². The first-order valence-corrected chi connectivity index (χ1v) is 21.1. The van der Waals surface area contributed by atoms with Crippen LogP contribution in [0.2, 0.25) is 0 Å². The van der Waals surface area contributed by atoms with Crippen molar-refractivity contribution >= 4 is 22.4 Å². The minimum Gasteiger partial charge on any atom is -0.459 e. The lowest BCUT2D eigenvalue weighted by Gasteiger charge is -2.59. The molecule has 3 aliphatic carbocycles. The second kappa shape index (κ2) is 17.9. The molecule has 1 amide bonds. The number of benzene rings is 4. The number of likely N-dealkylation sites (N-methyl/N-ethyl adjacent to an activating group) is 1. The molecule has 1 aliphatic heterocycles. The van der Waals surface area contributed by atoms with Crippen molar-refractivity contribution in [3.05, 3.63) is 126 Å². The van der Waals surface area contributed by atoms with Crippen molar-refractivity contribution < 1.29 is 34.1 Å². The first kappa shape index (κ1) is 39.8. The van der Waals surface area contributed by atoms with Gasteiger partial charge in [0.25, 0.3) is 0 Å². The Morgan fingerprint density at radius 2 is 1.64 bits per heavy atom. The van der Waals surface area contributed by atoms with E-state index >= 15 is 0 Å². The highest BCUT2D eigenvalue weighted by Gasteiger charge is 2.65. The predicted octanol–water partition coefficient (Wildman–Crippen LogP) is 9.33. The van der Waals surface area contributed by atoms with Crippen molar-refractivity contribution in [1.29, 1.82) is 0 Å². The summed E-state index contributed by atoms with van der Waals surface area (Å²) in [5.74, 6) is 0.733. The molecule has 0 spiro atoms. The Balaban J connectivity index is 1.28. The maximum absolute atomic E-state index is 14.1. The third-order valence-corrected chi connectivity index (χ3v) is 12.6. The number of hydrogen-bond donors (Lipinski definition) is 2. The van der Waals surface area contributed by atoms with Gasteiger partial charge in [-0.15, -0.1) is 6.58 Å². The van der Waals surface area contributed by atoms with Gasteiger partial charge >= 0.3 is 0 Å². The van der Waals surface area contributed by atoms with Gasteiger partial charge in [-0.2, -0.15) is 0 Å². The Bertz CT molecular complexity index is 2130. The molecule has 9 nitrogen and oxygen atoms in total. The molecule has 2 fully saturated rings. The summed E-state index contributed by atoms with van der Waals surface area (Å²) in [4.78, 5) is 22.1. The van der Waals surface area contributed by atoms with Crippen LogP contribution in [-0.4, -0.2) is 65.4 Å². The van der Waals surface area contributed by atoms with Crippen molar-refractivity contribution in [3.63, 3.8) is 0 Å². The summed E-state index contributed by atoms with van der Waals surface area (Å²) < 4.78 is 21.0. The van der Waals surface area contributed by atoms with E-state index in [4.69, 9.17) is 24.2 Å². The van der Waals surface area contributed by atoms with Crippen LogP contribution in [0.3, 0.4) is 0 Å². The molecule has 2 saturated carbocycles. The van der Waals surface area contributed by atoms with Crippen LogP contribution in [-0.2, 0) is 21.0 Å². The number of allylic oxidation sites excluding steroid dienone is 1. The van der Waals surface area contributed by atoms with Crippen molar-refractivity contribution in [3.8, 4) is 17.2 Å². The number of rotatable bonds is 18. The van der Waals surface area contributed by atoms with Gasteiger partial charge in [0, 0.05) is 44.1 Å². The summed E-state index contributed by atoms with van der Waals surface area (Å²) in [6, 6.07) is 29.9. The Morgan fingerprint density at radius 3 is 2.40 bits per heavy atom. The van der Waals surface area contributed by atoms with Crippen LogP contribution in [0.4, 0.5) is 0 Å². The molecule has 4 aromatic carbocycles. The van der Waals surface area contributed by atoms with E-state index in [0.29, 0.717) is 37.4 Å². The van der Waals surface area contributed by atoms with Gasteiger partial charge in [-0.05, 0) is 103 Å². The molecule has 6 atom stereocenters. The van der Waals surface area contributed by atoms with Gasteiger partial charge in [0.1, 0.15) is 29.9 Å². The van der Waals surface area contributed by atoms with Crippen LogP contribution in [0, 0.1) is 23.7 Å². The molecule has 4 aliphatic rings. The van der Waals surface area contributed by atoms with E-state index in [9.17, 15) is 15.0 Å². The van der Waals surface area contributed by atoms with Crippen LogP contribution in [0.15, 0.2) is 120 Å². The molecule has 58 heavy (non-hydrogen) atoms. The highest BCUT2D eigenvalue weighted by Crippen LogP contribution is 2.62. The van der Waals surface area contributed by atoms with Gasteiger partial charge in [0.2, 0.25) is 11.7 Å². The van der Waals surface area contributed by atoms with Gasteiger partial charge in [-0.3, -0.25) is 4.79 Å². The number of unbranched alkanes of at least 4 members (excludes halogenated alkanes) is 2. The molecule has 1 heterocycles. The second-order valence-electron chi connectivity index (χ2n) is 16.4. The quantitative estimate of drug-likeness (QED) is 0.0588. The van der Waals surface area contributed by atoms with Crippen molar-refractivity contribution in [1.82, 2.24) is 4.90 Å². The molecular formula is C49H56N2O7. The molecule has 6 unspecified atom stereocenters. The number of hydrogen-bond acceptors (Lipinski definition) is 8. The summed E-state index contributed by atoms with van der Waals surface area (Å²) in [6.07, 6.45) is 11.1. The van der Waals surface area contributed by atoms with E-state index in [1.165, 1.54) is 0 Å². The lowest BCUT2D eigenvalue weighted by Crippen LogP contribution is -2.69. The maximum Gasteiger partial charge on any atom is 0.239 e. The van der Waals surface area contributed by atoms with Gasteiger partial charge in [-0.25, -0.2) is 0 Å². The van der Waals surface area contributed by atoms with E-state index < -0.39 is 11.8 Å². The number of aliphatic hydroxyl groups excluding tert-OH is 2. The van der Waals surface area contributed by atoms with E-state index in [0.717, 1.165) is 77.5 Å². The van der Waals surface area contributed by atoms with Crippen molar-refractivity contribution in [2.75, 3.05) is 26.9 Å². The number of amides is 1. The van der Waals surface area contributed by atoms with Crippen LogP contribution in [0.25, 0.3) is 10.8 Å². The van der Waals surface area contributed by atoms with Gasteiger partial charge < -0.3 is 34.2 Å². The highest BCUT2D eigenvalue weighted by atomic mass is 16.7. The Hall–Kier alpha value is -4.96. The fourth-order valence-electron chi connectivity index (χ4n) is 9.69. The summed E-state index contributed by atoms with van der Waals surface area (Å²) in [6.45, 7) is 4.83. The summed E-state index contributed by atoms with van der Waals surface area (Å²) in [5, 5.41) is 27.0. The van der Waals surface area contributed by atoms with Gasteiger partial charge in [0.05, 0.1) is 18.2 Å². The van der Waals surface area contributed by atoms with Crippen molar-refractivity contribution in [2.45, 2.75) is 82.1 Å². The average molecular weight is 785 g/mol. The zero-order valence-electron chi connectivity index (χ0n) is 33.5. The maximum atomic E-state index is 14.1. The number of nitrogens with zero attached hydrogens (tertiary/aromatic N) is 2. The summed E-state index contributed by atoms with van der Waals surface area (Å²) in [7, 11) is 1.88. The Labute approximate surface area is 341 Å². The smallest absolute Gasteiger partial charge is 0.239 e. The molecule has 0 aromatic heterocycles. The minimum atomic E-state index is -1.26. The molecule has 8 rings (SSSR count). The molecule has 0 bridgehead atoms. The summed E-state index contributed by atoms with van der Waals surface area (Å²) >= 11 is 0. The van der Waals surface area contributed by atoms with Gasteiger partial charge in [-0.1, -0.05) is 90.8 Å². The minimum absolute atomic E-state index is 0.0110. The summed E-state index contributed by atoms with van der Waals surface area (Å²) in [5.41, 5.74) is 3.85. The van der Waals surface area contributed by atoms with Crippen LogP contribution in [0.5, 0.6) is 17.2 Å². The third-order valence-electron chi connectivity index (χ3n) is 12.6. The highest BCUT2D eigenvalue weighted by molar-refractivity contribution is 6.03. The van der Waals surface area contributed by atoms with Gasteiger partial charge in [0.15, 0.2) is 0 Å². The average Bonchev–Trinajstić information content (AvgIpc) is 4.10. The molecule has 304 valence electrons. The fraction of sp³-hybridized carbons (Fsp3) is 0.429. The molecule has 0 saturated heterocycles. The SMILES string of the molecule is C=CCOC12Oc3ccc(Oc4ccc5ccccc5c4)cc3C3C(CCCCO)C(CCCCO)C=C(C(=NOCc4ccccc4)CC1N(C)C(=O)C1CC1)C32. The second-order valence-corrected chi connectivity index (χ2v) is 16.4. The standard InChI is InChI=1S/C49H56N2O7/c1-3-27-55-49-45(51(2)48(54)35-19-20-35)31-43(50-56-32-33-13-5-4-6-14-33)41-29-37(17-9-11-25-52)40(18-10-12-26-53)46(47(41)49)42-30-39(23-24-44(42)58-49)57-38-22-21-34-15-7-8-16-36(34)28-38/h3-8,13-16,21-24,28-30,35,37,40,45-47,52-53H,1,9-12,17-20,25-27,31-32H2,2H3. The molecule has 9 heteroatoms. The molecule has 0 radical (unpaired) electrons. The molecule has 2 N–H and O–H groups in total. The first-order chi connectivity index (χ1) is 28.4. The fourth-order valence-corrected chi connectivity index (χ4v) is 9.69. The molecular weight excluding hydrogens is 729 g/mol. The van der Waals surface area contributed by atoms with E-state index in [1.807, 2.05) is 72.6 Å². The number of carbonyl (C=O) groups is 1. The van der Waals surface area contributed by atoms with Crippen LogP contribution < -0.4 is 9.47 Å². The predicted molar refractivity (Wildman–Crippen MR) is 226 cm³/mol. The Kier molecular flexibility index (Phi) is 12.3. The number of oxime groups is 1.